The van der Waals surface area contributed by atoms with Crippen LogP contribution in [-0.4, -0.2) is 12.4 Å². The first-order valence-corrected chi connectivity index (χ1v) is 8.35. The minimum atomic E-state index is -0.518. The quantitative estimate of drug-likeness (QED) is 0.579. The van der Waals surface area contributed by atoms with Gasteiger partial charge in [-0.1, -0.05) is 12.8 Å². The first kappa shape index (κ1) is 16.2. The van der Waals surface area contributed by atoms with E-state index in [0.29, 0.717) is 22.2 Å². The molecule has 5 heteroatoms. The largest absolute Gasteiger partial charge is 0.312 e. The van der Waals surface area contributed by atoms with E-state index in [1.807, 2.05) is 0 Å². The molecule has 1 nitrogen and oxygen atoms in total. The molecule has 0 radical (unpaired) electrons. The lowest BCUT2D eigenvalue weighted by Gasteiger charge is -2.30. The third kappa shape index (κ3) is 3.92. The zero-order chi connectivity index (χ0) is 14.5. The van der Waals surface area contributed by atoms with Crippen LogP contribution in [0.25, 0.3) is 0 Å². The van der Waals surface area contributed by atoms with Crippen LogP contribution in [0.15, 0.2) is 16.6 Å². The Morgan fingerprint density at radius 1 is 1.20 bits per heavy atom. The topological polar surface area (TPSA) is 12.0 Å². The van der Waals surface area contributed by atoms with Crippen LogP contribution in [0.1, 0.15) is 31.2 Å². The summed E-state index contributed by atoms with van der Waals surface area (Å²) in [5, 5.41) is 3.19. The molecule has 0 saturated heterocycles. The van der Waals surface area contributed by atoms with Gasteiger partial charge in [0.2, 0.25) is 0 Å². The van der Waals surface area contributed by atoms with Gasteiger partial charge in [-0.3, -0.25) is 0 Å². The predicted octanol–water partition coefficient (Wildman–Crippen LogP) is 4.86. The molecule has 0 heterocycles. The van der Waals surface area contributed by atoms with Crippen LogP contribution in [0.3, 0.4) is 0 Å². The van der Waals surface area contributed by atoms with Crippen molar-refractivity contribution in [1.82, 2.24) is 5.32 Å². The van der Waals surface area contributed by atoms with Crippen LogP contribution in [0.2, 0.25) is 0 Å². The summed E-state index contributed by atoms with van der Waals surface area (Å²) in [6.45, 7) is 0.978. The Kier molecular flexibility index (Phi) is 6.24. The average Bonchev–Trinajstić information content (AvgIpc) is 2.47. The third-order valence-corrected chi connectivity index (χ3v) is 5.12. The van der Waals surface area contributed by atoms with Crippen molar-refractivity contribution in [3.8, 4) is 0 Å². The first-order chi connectivity index (χ1) is 9.63. The van der Waals surface area contributed by atoms with Gasteiger partial charge in [0.15, 0.2) is 0 Å². The number of rotatable bonds is 5. The summed E-state index contributed by atoms with van der Waals surface area (Å²) in [5.74, 6) is 0.687. The van der Waals surface area contributed by atoms with Crippen molar-refractivity contribution in [2.24, 2.45) is 11.8 Å². The van der Waals surface area contributed by atoms with Crippen molar-refractivity contribution in [2.75, 3.05) is 12.4 Å². The molecule has 1 aliphatic carbocycles. The van der Waals surface area contributed by atoms with E-state index in [1.54, 1.807) is 0 Å². The van der Waals surface area contributed by atoms with Crippen LogP contribution >= 0.6 is 27.5 Å². The zero-order valence-corrected chi connectivity index (χ0v) is 13.6. The number of alkyl halides is 1. The highest BCUT2D eigenvalue weighted by Crippen LogP contribution is 2.30. The molecule has 2 unspecified atom stereocenters. The Morgan fingerprint density at radius 3 is 2.60 bits per heavy atom. The smallest absolute Gasteiger partial charge is 0.144 e. The number of halogens is 4. The molecule has 0 bridgehead atoms. The van der Waals surface area contributed by atoms with Gasteiger partial charge in [0.1, 0.15) is 11.6 Å². The second-order valence-corrected chi connectivity index (χ2v) is 6.57. The zero-order valence-electron chi connectivity index (χ0n) is 11.3. The van der Waals surface area contributed by atoms with Crippen LogP contribution in [0.4, 0.5) is 8.78 Å². The Labute approximate surface area is 132 Å². The van der Waals surface area contributed by atoms with E-state index in [2.05, 4.69) is 21.2 Å². The molecular formula is C15H19BrClF2N. The van der Waals surface area contributed by atoms with E-state index in [4.69, 9.17) is 11.6 Å². The Balaban J connectivity index is 1.91. The Hall–Kier alpha value is -0.190. The van der Waals surface area contributed by atoms with Crippen molar-refractivity contribution >= 4 is 27.5 Å². The maximum Gasteiger partial charge on any atom is 0.144 e. The molecule has 0 aliphatic heterocycles. The summed E-state index contributed by atoms with van der Waals surface area (Å²) in [6, 6.07) is 2.67. The highest BCUT2D eigenvalue weighted by Gasteiger charge is 2.24. The van der Waals surface area contributed by atoms with Gasteiger partial charge in [0.05, 0.1) is 4.47 Å². The molecule has 1 saturated carbocycles. The molecule has 0 amide bonds. The maximum atomic E-state index is 13.8. The standard InChI is InChI=1S/C15H19BrClF2N/c16-13-5-6-14(18)12(15(13)19)9-20-8-11-4-2-1-3-10(11)7-17/h5-6,10-11,20H,1-4,7-9H2. The van der Waals surface area contributed by atoms with E-state index in [9.17, 15) is 8.78 Å². The van der Waals surface area contributed by atoms with Gasteiger partial charge in [-0.15, -0.1) is 11.6 Å². The van der Waals surface area contributed by atoms with E-state index in [1.165, 1.54) is 25.0 Å². The van der Waals surface area contributed by atoms with Crippen molar-refractivity contribution in [3.05, 3.63) is 33.8 Å². The van der Waals surface area contributed by atoms with Gasteiger partial charge in [-0.25, -0.2) is 8.78 Å². The van der Waals surface area contributed by atoms with Crippen LogP contribution in [-0.2, 0) is 6.54 Å². The maximum absolute atomic E-state index is 13.8. The normalized spacial score (nSPS) is 23.0. The van der Waals surface area contributed by atoms with Gasteiger partial charge in [-0.05, 0) is 59.3 Å². The monoisotopic (exact) mass is 365 g/mol. The number of hydrogen-bond acceptors (Lipinski definition) is 1. The fraction of sp³-hybridized carbons (Fsp3) is 0.600. The fourth-order valence-electron chi connectivity index (χ4n) is 2.87. The molecule has 0 aromatic heterocycles. The molecule has 1 fully saturated rings. The van der Waals surface area contributed by atoms with Gasteiger partial charge in [-0.2, -0.15) is 0 Å². The number of nitrogens with one attached hydrogen (secondary N) is 1. The molecule has 1 N–H and O–H groups in total. The molecule has 1 aliphatic rings. The molecule has 0 spiro atoms. The van der Waals surface area contributed by atoms with Gasteiger partial charge < -0.3 is 5.32 Å². The van der Waals surface area contributed by atoms with Crippen LogP contribution in [0, 0.1) is 23.5 Å². The Bertz CT molecular complexity index is 456. The minimum Gasteiger partial charge on any atom is -0.312 e. The lowest BCUT2D eigenvalue weighted by atomic mass is 9.80. The van der Waals surface area contributed by atoms with Crippen molar-refractivity contribution < 1.29 is 8.78 Å². The van der Waals surface area contributed by atoms with E-state index < -0.39 is 11.6 Å². The highest BCUT2D eigenvalue weighted by molar-refractivity contribution is 9.10. The summed E-state index contributed by atoms with van der Waals surface area (Å²) in [7, 11) is 0. The SMILES string of the molecule is Fc1ccc(Br)c(F)c1CNCC1CCCCC1CCl. The first-order valence-electron chi connectivity index (χ1n) is 7.02. The summed E-state index contributed by atoms with van der Waals surface area (Å²) in [6.07, 6.45) is 4.77. The predicted molar refractivity (Wildman–Crippen MR) is 81.9 cm³/mol. The van der Waals surface area contributed by atoms with Crippen molar-refractivity contribution in [3.63, 3.8) is 0 Å². The fourth-order valence-corrected chi connectivity index (χ4v) is 3.65. The second-order valence-electron chi connectivity index (χ2n) is 5.41. The summed E-state index contributed by atoms with van der Waals surface area (Å²) < 4.78 is 27.7. The van der Waals surface area contributed by atoms with Gasteiger partial charge in [0.25, 0.3) is 0 Å². The van der Waals surface area contributed by atoms with Gasteiger partial charge >= 0.3 is 0 Å². The van der Waals surface area contributed by atoms with Crippen molar-refractivity contribution in [1.29, 1.82) is 0 Å². The molecule has 1 aromatic carbocycles. The number of benzene rings is 1. The highest BCUT2D eigenvalue weighted by atomic mass is 79.9. The molecule has 2 rings (SSSR count). The lowest BCUT2D eigenvalue weighted by Crippen LogP contribution is -2.31. The molecule has 20 heavy (non-hydrogen) atoms. The number of hydrogen-bond donors (Lipinski definition) is 1. The minimum absolute atomic E-state index is 0.0950. The molecule has 1 aromatic rings. The summed E-state index contributed by atoms with van der Waals surface area (Å²) in [5.41, 5.74) is 0.0950. The summed E-state index contributed by atoms with van der Waals surface area (Å²) in [4.78, 5) is 0. The summed E-state index contributed by atoms with van der Waals surface area (Å²) >= 11 is 9.07. The van der Waals surface area contributed by atoms with E-state index in [0.717, 1.165) is 19.4 Å². The second kappa shape index (κ2) is 7.71. The van der Waals surface area contributed by atoms with Crippen LogP contribution < -0.4 is 5.32 Å². The molecular weight excluding hydrogens is 348 g/mol. The lowest BCUT2D eigenvalue weighted by molar-refractivity contribution is 0.250. The molecule has 2 atom stereocenters. The van der Waals surface area contributed by atoms with E-state index >= 15 is 0 Å². The third-order valence-electron chi connectivity index (χ3n) is 4.11. The van der Waals surface area contributed by atoms with Gasteiger partial charge in [0, 0.05) is 18.0 Å². The van der Waals surface area contributed by atoms with Crippen molar-refractivity contribution in [2.45, 2.75) is 32.2 Å². The van der Waals surface area contributed by atoms with E-state index in [-0.39, 0.29) is 12.1 Å². The van der Waals surface area contributed by atoms with Crippen LogP contribution in [0.5, 0.6) is 0 Å². The Morgan fingerprint density at radius 2 is 1.90 bits per heavy atom. The molecule has 112 valence electrons. The average molecular weight is 367 g/mol.